The molecular weight excluding hydrogens is 344 g/mol. The van der Waals surface area contributed by atoms with Crippen LogP contribution >= 0.6 is 0 Å². The van der Waals surface area contributed by atoms with Crippen molar-refractivity contribution in [2.45, 2.75) is 52.9 Å². The van der Waals surface area contributed by atoms with Crippen molar-refractivity contribution in [3.05, 3.63) is 65.9 Å². The van der Waals surface area contributed by atoms with Crippen LogP contribution in [0.15, 0.2) is 54.2 Å². The molecular formula is C25H36N2O. The van der Waals surface area contributed by atoms with Gasteiger partial charge in [0.2, 0.25) is 0 Å². The molecule has 1 unspecified atom stereocenters. The van der Waals surface area contributed by atoms with E-state index in [0.29, 0.717) is 18.3 Å². The normalized spacial score (nSPS) is 20.8. The van der Waals surface area contributed by atoms with Crippen LogP contribution in [0.3, 0.4) is 0 Å². The summed E-state index contributed by atoms with van der Waals surface area (Å²) in [5, 5.41) is 3.46. The van der Waals surface area contributed by atoms with Gasteiger partial charge in [0.15, 0.2) is 0 Å². The number of rotatable bonds is 3. The molecule has 0 bridgehead atoms. The number of carbonyl (C=O) groups is 1. The minimum atomic E-state index is 0.299. The number of hydrogen-bond donors (Lipinski definition) is 1. The second-order valence-corrected chi connectivity index (χ2v) is 6.81. The summed E-state index contributed by atoms with van der Waals surface area (Å²) in [4.78, 5) is 16.3. The average Bonchev–Trinajstić information content (AvgIpc) is 2.91. The second-order valence-electron chi connectivity index (χ2n) is 6.81. The Morgan fingerprint density at radius 2 is 1.86 bits per heavy atom. The Hall–Kier alpha value is -2.26. The summed E-state index contributed by atoms with van der Waals surface area (Å²) in [5.74, 6) is 0.878. The maximum atomic E-state index is 11.6. The Labute approximate surface area is 171 Å². The monoisotopic (exact) mass is 380 g/mol. The van der Waals surface area contributed by atoms with Gasteiger partial charge in [-0.15, -0.1) is 13.2 Å². The molecule has 0 spiro atoms. The summed E-state index contributed by atoms with van der Waals surface area (Å²) in [7, 11) is 0. The number of benzene rings is 1. The molecule has 0 amide bonds. The number of allylic oxidation sites excluding steroid dienone is 2. The van der Waals surface area contributed by atoms with Crippen molar-refractivity contribution in [3.63, 3.8) is 0 Å². The third-order valence-corrected chi connectivity index (χ3v) is 5.06. The maximum absolute atomic E-state index is 11.6. The van der Waals surface area contributed by atoms with Crippen LogP contribution in [0, 0.1) is 12.8 Å². The van der Waals surface area contributed by atoms with Crippen LogP contribution in [0.25, 0.3) is 6.08 Å². The molecule has 0 radical (unpaired) electrons. The number of fused-ring (bicyclic) bond motifs is 1. The van der Waals surface area contributed by atoms with Crippen LogP contribution < -0.4 is 5.32 Å². The number of hydrogen-bond acceptors (Lipinski definition) is 3. The van der Waals surface area contributed by atoms with E-state index in [0.717, 1.165) is 43.5 Å². The van der Waals surface area contributed by atoms with Crippen LogP contribution in [0.4, 0.5) is 0 Å². The lowest BCUT2D eigenvalue weighted by Crippen LogP contribution is -2.33. The molecule has 1 fully saturated rings. The first-order valence-corrected chi connectivity index (χ1v) is 10.4. The zero-order valence-electron chi connectivity index (χ0n) is 18.0. The van der Waals surface area contributed by atoms with Crippen LogP contribution in [0.1, 0.15) is 62.6 Å². The summed E-state index contributed by atoms with van der Waals surface area (Å²) in [6.45, 7) is 16.2. The van der Waals surface area contributed by atoms with E-state index in [2.05, 4.69) is 49.7 Å². The highest BCUT2D eigenvalue weighted by molar-refractivity contribution is 6.01. The molecule has 1 aliphatic heterocycles. The fourth-order valence-corrected chi connectivity index (χ4v) is 3.93. The van der Waals surface area contributed by atoms with Gasteiger partial charge >= 0.3 is 0 Å². The van der Waals surface area contributed by atoms with Gasteiger partial charge in [0.05, 0.1) is 0 Å². The van der Waals surface area contributed by atoms with E-state index in [1.807, 2.05) is 33.0 Å². The van der Waals surface area contributed by atoms with Gasteiger partial charge in [0, 0.05) is 24.3 Å². The molecule has 0 aromatic heterocycles. The Morgan fingerprint density at radius 1 is 1.18 bits per heavy atom. The van der Waals surface area contributed by atoms with E-state index < -0.39 is 0 Å². The van der Waals surface area contributed by atoms with Gasteiger partial charge in [-0.1, -0.05) is 43.7 Å². The largest absolute Gasteiger partial charge is 0.317 e. The van der Waals surface area contributed by atoms with Crippen LogP contribution in [-0.2, 0) is 4.79 Å². The fraction of sp³-hybridized carbons (Fsp3) is 0.440. The second kappa shape index (κ2) is 13.0. The van der Waals surface area contributed by atoms with E-state index in [-0.39, 0.29) is 0 Å². The standard InChI is InChI=1S/C21H26N2O.C2H6.C2H4/c1-3-8-23-20-13-16(14-24)12-18-11-15(2)4-5-19(18)21(20)17-6-9-22-10-7-17;2*1-2/h3-5,8,11-12,14,17,21-22H,6-7,9-10,13H2,1-2H3;1-2H3;1-2H2/b8-3-,23-20?;;. The zero-order valence-corrected chi connectivity index (χ0v) is 18.0. The molecule has 1 aromatic carbocycles. The van der Waals surface area contributed by atoms with Crippen molar-refractivity contribution in [1.29, 1.82) is 0 Å². The van der Waals surface area contributed by atoms with Gasteiger partial charge in [-0.2, -0.15) is 0 Å². The third-order valence-electron chi connectivity index (χ3n) is 5.06. The lowest BCUT2D eigenvalue weighted by molar-refractivity contribution is -0.104. The summed E-state index contributed by atoms with van der Waals surface area (Å²) in [5.41, 5.74) is 5.69. The Balaban J connectivity index is 0.000000921. The molecule has 1 saturated heterocycles. The zero-order chi connectivity index (χ0) is 20.9. The number of aryl methyl sites for hydroxylation is 1. The number of nitrogens with one attached hydrogen (secondary N) is 1. The molecule has 3 nitrogen and oxygen atoms in total. The summed E-state index contributed by atoms with van der Waals surface area (Å²) < 4.78 is 0. The van der Waals surface area contributed by atoms with Gasteiger partial charge in [-0.25, -0.2) is 0 Å². The van der Waals surface area contributed by atoms with Crippen LogP contribution in [0.5, 0.6) is 0 Å². The molecule has 0 saturated carbocycles. The van der Waals surface area contributed by atoms with E-state index >= 15 is 0 Å². The van der Waals surface area contributed by atoms with Crippen molar-refractivity contribution in [2.24, 2.45) is 10.9 Å². The van der Waals surface area contributed by atoms with Crippen molar-refractivity contribution >= 4 is 18.1 Å². The molecule has 2 aliphatic rings. The topological polar surface area (TPSA) is 41.5 Å². The first kappa shape index (κ1) is 23.8. The Bertz CT molecular complexity index is 709. The van der Waals surface area contributed by atoms with Gasteiger partial charge in [-0.05, 0) is 68.5 Å². The molecule has 1 N–H and O–H groups in total. The number of piperidine rings is 1. The van der Waals surface area contributed by atoms with E-state index in [1.54, 1.807) is 0 Å². The molecule has 152 valence electrons. The molecule has 1 heterocycles. The third kappa shape index (κ3) is 6.13. The number of aliphatic imine (C=N–C) groups is 1. The Morgan fingerprint density at radius 3 is 2.46 bits per heavy atom. The smallest absolute Gasteiger partial charge is 0.146 e. The Kier molecular flexibility index (Phi) is 11.0. The van der Waals surface area contributed by atoms with Crippen LogP contribution in [-0.4, -0.2) is 25.1 Å². The average molecular weight is 381 g/mol. The van der Waals surface area contributed by atoms with E-state index in [9.17, 15) is 4.79 Å². The summed E-state index contributed by atoms with van der Waals surface area (Å²) >= 11 is 0. The maximum Gasteiger partial charge on any atom is 0.146 e. The minimum absolute atomic E-state index is 0.299. The van der Waals surface area contributed by atoms with Crippen molar-refractivity contribution < 1.29 is 4.79 Å². The van der Waals surface area contributed by atoms with E-state index in [4.69, 9.17) is 4.99 Å². The fourth-order valence-electron chi connectivity index (χ4n) is 3.93. The SMILES string of the molecule is C/C=C\N=C1CC(C=O)=Cc2cc(C)ccc2C1C1CCNCC1.C=C.CC. The van der Waals surface area contributed by atoms with Crippen molar-refractivity contribution in [3.8, 4) is 0 Å². The van der Waals surface area contributed by atoms with Crippen molar-refractivity contribution in [2.75, 3.05) is 13.1 Å². The van der Waals surface area contributed by atoms with Crippen molar-refractivity contribution in [1.82, 2.24) is 5.32 Å². The highest BCUT2D eigenvalue weighted by atomic mass is 16.1. The molecule has 3 heteroatoms. The predicted octanol–water partition coefficient (Wildman–Crippen LogP) is 5.87. The van der Waals surface area contributed by atoms with Gasteiger partial charge < -0.3 is 5.32 Å². The van der Waals surface area contributed by atoms with Gasteiger partial charge in [0.25, 0.3) is 0 Å². The van der Waals surface area contributed by atoms with E-state index in [1.165, 1.54) is 16.7 Å². The molecule has 3 rings (SSSR count). The lowest BCUT2D eigenvalue weighted by Gasteiger charge is -2.32. The predicted molar refractivity (Wildman–Crippen MR) is 123 cm³/mol. The number of carbonyl (C=O) groups excluding carboxylic acids is 1. The molecule has 1 atom stereocenters. The molecule has 28 heavy (non-hydrogen) atoms. The first-order valence-electron chi connectivity index (χ1n) is 10.4. The molecule has 1 aliphatic carbocycles. The first-order chi connectivity index (χ1) is 13.7. The summed E-state index contributed by atoms with van der Waals surface area (Å²) in [6.07, 6.45) is 9.83. The molecule has 1 aromatic rings. The highest BCUT2D eigenvalue weighted by Crippen LogP contribution is 2.39. The summed E-state index contributed by atoms with van der Waals surface area (Å²) in [6, 6.07) is 6.62. The quantitative estimate of drug-likeness (QED) is 0.526. The highest BCUT2D eigenvalue weighted by Gasteiger charge is 2.32. The van der Waals surface area contributed by atoms with Gasteiger partial charge in [0.1, 0.15) is 6.29 Å². The number of aldehydes is 1. The minimum Gasteiger partial charge on any atom is -0.317 e. The van der Waals surface area contributed by atoms with Crippen LogP contribution in [0.2, 0.25) is 0 Å². The van der Waals surface area contributed by atoms with Gasteiger partial charge in [-0.3, -0.25) is 9.79 Å². The lowest BCUT2D eigenvalue weighted by atomic mass is 9.76. The number of nitrogens with zero attached hydrogens (tertiary/aromatic N) is 1.